The first-order valence-electron chi connectivity index (χ1n) is 8.49. The van der Waals surface area contributed by atoms with Crippen LogP contribution in [0.3, 0.4) is 0 Å². The molecule has 1 heterocycles. The Balaban J connectivity index is 1.84. The van der Waals surface area contributed by atoms with Gasteiger partial charge in [-0.15, -0.1) is 0 Å². The van der Waals surface area contributed by atoms with Crippen LogP contribution in [0.25, 0.3) is 0 Å². The zero-order valence-electron chi connectivity index (χ0n) is 14.7. The van der Waals surface area contributed by atoms with Gasteiger partial charge in [-0.25, -0.2) is 0 Å². The van der Waals surface area contributed by atoms with E-state index in [4.69, 9.17) is 9.47 Å². The predicted octanol–water partition coefficient (Wildman–Crippen LogP) is 2.43. The second-order valence-electron chi connectivity index (χ2n) is 5.94. The Hall–Kier alpha value is -2.19. The number of benzene rings is 1. The van der Waals surface area contributed by atoms with Gasteiger partial charge in [-0.3, -0.25) is 14.9 Å². The number of rotatable bonds is 8. The predicted molar refractivity (Wildman–Crippen MR) is 94.0 cm³/mol. The van der Waals surface area contributed by atoms with Crippen LogP contribution in [0.2, 0.25) is 0 Å². The van der Waals surface area contributed by atoms with Gasteiger partial charge in [0.1, 0.15) is 5.75 Å². The Kier molecular flexibility index (Phi) is 7.15. The van der Waals surface area contributed by atoms with E-state index >= 15 is 0 Å². The topological polar surface area (TPSA) is 93.9 Å². The molecule has 0 radical (unpaired) electrons. The van der Waals surface area contributed by atoms with E-state index in [1.807, 2.05) is 6.92 Å². The van der Waals surface area contributed by atoms with E-state index in [2.05, 4.69) is 10.2 Å². The number of likely N-dealkylation sites (tertiary alicyclic amines) is 1. The molecule has 0 bridgehead atoms. The molecule has 1 amide bonds. The number of methoxy groups -OCH3 is 1. The number of ether oxygens (including phenoxy) is 2. The maximum Gasteiger partial charge on any atom is 0.271 e. The van der Waals surface area contributed by atoms with Crippen LogP contribution < -0.4 is 10.1 Å². The molecule has 8 heteroatoms. The Labute approximate surface area is 147 Å². The summed E-state index contributed by atoms with van der Waals surface area (Å²) in [7, 11) is 1.46. The number of nitrogens with zero attached hydrogens (tertiary/aromatic N) is 2. The third-order valence-electron chi connectivity index (χ3n) is 4.26. The van der Waals surface area contributed by atoms with Crippen LogP contribution in [0.4, 0.5) is 11.4 Å². The second kappa shape index (κ2) is 9.33. The van der Waals surface area contributed by atoms with Crippen LogP contribution >= 0.6 is 0 Å². The van der Waals surface area contributed by atoms with Gasteiger partial charge in [0.05, 0.1) is 23.8 Å². The van der Waals surface area contributed by atoms with Crippen LogP contribution in [-0.4, -0.2) is 55.2 Å². The summed E-state index contributed by atoms with van der Waals surface area (Å²) in [5.74, 6) is 0.210. The van der Waals surface area contributed by atoms with Crippen molar-refractivity contribution in [1.82, 2.24) is 4.90 Å². The zero-order valence-corrected chi connectivity index (χ0v) is 14.7. The number of nitro benzene ring substituents is 1. The Morgan fingerprint density at radius 1 is 1.40 bits per heavy atom. The van der Waals surface area contributed by atoms with Gasteiger partial charge in [-0.05, 0) is 25.8 Å². The molecule has 0 unspecified atom stereocenters. The number of nitro groups is 1. The first-order valence-corrected chi connectivity index (χ1v) is 8.49. The van der Waals surface area contributed by atoms with Gasteiger partial charge < -0.3 is 19.7 Å². The van der Waals surface area contributed by atoms with E-state index in [9.17, 15) is 14.9 Å². The minimum Gasteiger partial charge on any atom is -0.495 e. The fraction of sp³-hybridized carbons (Fsp3) is 0.588. The molecule has 1 aromatic rings. The highest BCUT2D eigenvalue weighted by Crippen LogP contribution is 2.29. The summed E-state index contributed by atoms with van der Waals surface area (Å²) in [5.41, 5.74) is 0.228. The van der Waals surface area contributed by atoms with E-state index in [0.717, 1.165) is 32.5 Å². The number of hydrogen-bond acceptors (Lipinski definition) is 6. The van der Waals surface area contributed by atoms with E-state index in [1.54, 1.807) is 0 Å². The Bertz CT molecular complexity index is 600. The van der Waals surface area contributed by atoms with Gasteiger partial charge in [-0.2, -0.15) is 0 Å². The van der Waals surface area contributed by atoms with E-state index in [0.29, 0.717) is 30.5 Å². The number of non-ortho nitro benzene ring substituents is 1. The molecule has 25 heavy (non-hydrogen) atoms. The molecule has 0 atom stereocenters. The normalized spacial score (nSPS) is 15.8. The molecule has 0 saturated carbocycles. The van der Waals surface area contributed by atoms with Gasteiger partial charge in [0.2, 0.25) is 5.91 Å². The Morgan fingerprint density at radius 3 is 2.72 bits per heavy atom. The van der Waals surface area contributed by atoms with E-state index < -0.39 is 4.92 Å². The van der Waals surface area contributed by atoms with Crippen molar-refractivity contribution in [3.8, 4) is 5.75 Å². The number of carbonyl (C=O) groups is 1. The highest BCUT2D eigenvalue weighted by Gasteiger charge is 2.20. The lowest BCUT2D eigenvalue weighted by Crippen LogP contribution is -2.38. The molecule has 1 saturated heterocycles. The number of hydrogen-bond donors (Lipinski definition) is 1. The molecule has 1 aromatic carbocycles. The number of piperidine rings is 1. The minimum atomic E-state index is -0.502. The molecule has 1 N–H and O–H groups in total. The highest BCUT2D eigenvalue weighted by atomic mass is 16.6. The molecule has 1 fully saturated rings. The second-order valence-corrected chi connectivity index (χ2v) is 5.94. The smallest absolute Gasteiger partial charge is 0.271 e. The number of anilines is 1. The third-order valence-corrected chi connectivity index (χ3v) is 4.26. The van der Waals surface area contributed by atoms with Crippen LogP contribution in [0, 0.1) is 10.1 Å². The monoisotopic (exact) mass is 351 g/mol. The van der Waals surface area contributed by atoms with Crippen molar-refractivity contribution >= 4 is 17.3 Å². The summed E-state index contributed by atoms with van der Waals surface area (Å²) in [6, 6.07) is 4.13. The van der Waals surface area contributed by atoms with Gasteiger partial charge in [0, 0.05) is 44.8 Å². The summed E-state index contributed by atoms with van der Waals surface area (Å²) in [5, 5.41) is 13.6. The van der Waals surface area contributed by atoms with E-state index in [-0.39, 0.29) is 11.6 Å². The fourth-order valence-corrected chi connectivity index (χ4v) is 2.91. The molecule has 0 spiro atoms. The van der Waals surface area contributed by atoms with Crippen molar-refractivity contribution in [2.24, 2.45) is 0 Å². The largest absolute Gasteiger partial charge is 0.495 e. The first-order chi connectivity index (χ1) is 12.0. The van der Waals surface area contributed by atoms with Crippen molar-refractivity contribution in [2.75, 3.05) is 38.7 Å². The quantitative estimate of drug-likeness (QED) is 0.571. The molecular weight excluding hydrogens is 326 g/mol. The molecule has 0 aliphatic carbocycles. The van der Waals surface area contributed by atoms with Gasteiger partial charge in [0.15, 0.2) is 0 Å². The average molecular weight is 351 g/mol. The SMILES string of the molecule is CCOC1CCN(CCC(=O)Nc2cc([N+](=O)[O-])ccc2OC)CC1. The summed E-state index contributed by atoms with van der Waals surface area (Å²) >= 11 is 0. The Morgan fingerprint density at radius 2 is 2.12 bits per heavy atom. The summed E-state index contributed by atoms with van der Waals surface area (Å²) < 4.78 is 10.8. The van der Waals surface area contributed by atoms with Crippen molar-refractivity contribution in [3.05, 3.63) is 28.3 Å². The van der Waals surface area contributed by atoms with Gasteiger partial charge >= 0.3 is 0 Å². The summed E-state index contributed by atoms with van der Waals surface area (Å²) in [6.45, 7) is 5.22. The van der Waals surface area contributed by atoms with Gasteiger partial charge in [-0.1, -0.05) is 0 Å². The van der Waals surface area contributed by atoms with Crippen molar-refractivity contribution < 1.29 is 19.2 Å². The maximum absolute atomic E-state index is 12.2. The molecule has 2 rings (SSSR count). The van der Waals surface area contributed by atoms with E-state index in [1.165, 1.54) is 25.3 Å². The van der Waals surface area contributed by atoms with Gasteiger partial charge in [0.25, 0.3) is 5.69 Å². The third kappa shape index (κ3) is 5.68. The van der Waals surface area contributed by atoms with Crippen LogP contribution in [0.5, 0.6) is 5.75 Å². The zero-order chi connectivity index (χ0) is 18.2. The van der Waals surface area contributed by atoms with Crippen molar-refractivity contribution in [3.63, 3.8) is 0 Å². The highest BCUT2D eigenvalue weighted by molar-refractivity contribution is 5.92. The lowest BCUT2D eigenvalue weighted by molar-refractivity contribution is -0.384. The van der Waals surface area contributed by atoms with Crippen LogP contribution in [-0.2, 0) is 9.53 Å². The molecular formula is C17H25N3O5. The molecule has 1 aliphatic rings. The lowest BCUT2D eigenvalue weighted by Gasteiger charge is -2.31. The minimum absolute atomic E-state index is 0.0888. The fourth-order valence-electron chi connectivity index (χ4n) is 2.91. The summed E-state index contributed by atoms with van der Waals surface area (Å²) in [6.07, 6.45) is 2.61. The lowest BCUT2D eigenvalue weighted by atomic mass is 10.1. The summed E-state index contributed by atoms with van der Waals surface area (Å²) in [4.78, 5) is 24.8. The standard InChI is InChI=1S/C17H25N3O5/c1-3-25-14-6-9-19(10-7-14)11-8-17(21)18-15-12-13(20(22)23)4-5-16(15)24-2/h4-5,12,14H,3,6-11H2,1-2H3,(H,18,21). The van der Waals surface area contributed by atoms with Crippen LogP contribution in [0.15, 0.2) is 18.2 Å². The number of amides is 1. The molecule has 0 aromatic heterocycles. The van der Waals surface area contributed by atoms with Crippen molar-refractivity contribution in [2.45, 2.75) is 32.3 Å². The average Bonchev–Trinajstić information content (AvgIpc) is 2.61. The van der Waals surface area contributed by atoms with Crippen molar-refractivity contribution in [1.29, 1.82) is 0 Å². The maximum atomic E-state index is 12.2. The first kappa shape index (κ1) is 19.1. The molecule has 8 nitrogen and oxygen atoms in total. The molecule has 1 aliphatic heterocycles. The number of nitrogens with one attached hydrogen (secondary N) is 1. The van der Waals surface area contributed by atoms with Crippen LogP contribution in [0.1, 0.15) is 26.2 Å². The molecule has 138 valence electrons. The number of carbonyl (C=O) groups excluding carboxylic acids is 1.